The summed E-state index contributed by atoms with van der Waals surface area (Å²) in [6, 6.07) is 2.11. The molecular formula is C15H22N4OS. The second kappa shape index (κ2) is 6.85. The van der Waals surface area contributed by atoms with E-state index in [1.807, 2.05) is 25.7 Å². The summed E-state index contributed by atoms with van der Waals surface area (Å²) < 4.78 is 0. The SMILES string of the molecule is CCc1cc2c(NCC(=O)N(CC)CC)nc(C)nc2s1. The smallest absolute Gasteiger partial charge is 0.241 e. The van der Waals surface area contributed by atoms with Gasteiger partial charge in [0.1, 0.15) is 16.5 Å². The van der Waals surface area contributed by atoms with Crippen LogP contribution in [0.3, 0.4) is 0 Å². The zero-order valence-electron chi connectivity index (χ0n) is 13.1. The Morgan fingerprint density at radius 2 is 2.00 bits per heavy atom. The lowest BCUT2D eigenvalue weighted by Crippen LogP contribution is -2.35. The van der Waals surface area contributed by atoms with E-state index in [9.17, 15) is 4.79 Å². The molecule has 6 heteroatoms. The quantitative estimate of drug-likeness (QED) is 0.891. The van der Waals surface area contributed by atoms with Gasteiger partial charge in [-0.25, -0.2) is 9.97 Å². The van der Waals surface area contributed by atoms with Gasteiger partial charge < -0.3 is 10.2 Å². The third-order valence-corrected chi connectivity index (χ3v) is 4.60. The third kappa shape index (κ3) is 3.50. The monoisotopic (exact) mass is 306 g/mol. The summed E-state index contributed by atoms with van der Waals surface area (Å²) >= 11 is 1.69. The molecule has 0 saturated carbocycles. The summed E-state index contributed by atoms with van der Waals surface area (Å²) in [7, 11) is 0. The first-order valence-electron chi connectivity index (χ1n) is 7.37. The molecule has 114 valence electrons. The number of fused-ring (bicyclic) bond motifs is 1. The lowest BCUT2D eigenvalue weighted by molar-refractivity contribution is -0.128. The van der Waals surface area contributed by atoms with Gasteiger partial charge in [-0.2, -0.15) is 0 Å². The van der Waals surface area contributed by atoms with Gasteiger partial charge in [-0.1, -0.05) is 6.92 Å². The molecule has 0 unspecified atom stereocenters. The number of nitrogens with zero attached hydrogens (tertiary/aromatic N) is 3. The minimum absolute atomic E-state index is 0.0929. The van der Waals surface area contributed by atoms with Crippen LogP contribution in [0.25, 0.3) is 10.2 Å². The Balaban J connectivity index is 2.21. The second-order valence-electron chi connectivity index (χ2n) is 4.82. The van der Waals surface area contributed by atoms with Crippen molar-refractivity contribution in [2.75, 3.05) is 25.0 Å². The number of rotatable bonds is 6. The number of anilines is 1. The van der Waals surface area contributed by atoms with Crippen molar-refractivity contribution in [3.63, 3.8) is 0 Å². The number of nitrogens with one attached hydrogen (secondary N) is 1. The number of aromatic nitrogens is 2. The van der Waals surface area contributed by atoms with Crippen molar-refractivity contribution in [1.29, 1.82) is 0 Å². The Labute approximate surface area is 129 Å². The van der Waals surface area contributed by atoms with E-state index in [0.29, 0.717) is 0 Å². The fourth-order valence-electron chi connectivity index (χ4n) is 2.23. The van der Waals surface area contributed by atoms with Crippen LogP contribution >= 0.6 is 11.3 Å². The molecule has 2 rings (SSSR count). The first kappa shape index (κ1) is 15.7. The number of aryl methyl sites for hydroxylation is 2. The zero-order valence-corrected chi connectivity index (χ0v) is 13.9. The molecule has 1 N–H and O–H groups in total. The van der Waals surface area contributed by atoms with Crippen LogP contribution in [0.1, 0.15) is 31.5 Å². The molecule has 0 radical (unpaired) electrons. The molecule has 0 aliphatic carbocycles. The van der Waals surface area contributed by atoms with Gasteiger partial charge in [0, 0.05) is 18.0 Å². The van der Waals surface area contributed by atoms with Gasteiger partial charge in [-0.15, -0.1) is 11.3 Å². The van der Waals surface area contributed by atoms with E-state index in [1.54, 1.807) is 11.3 Å². The first-order valence-corrected chi connectivity index (χ1v) is 8.19. The van der Waals surface area contributed by atoms with Crippen molar-refractivity contribution in [2.24, 2.45) is 0 Å². The van der Waals surface area contributed by atoms with Crippen molar-refractivity contribution < 1.29 is 4.79 Å². The number of hydrogen-bond acceptors (Lipinski definition) is 5. The van der Waals surface area contributed by atoms with E-state index >= 15 is 0 Å². The van der Waals surface area contributed by atoms with E-state index < -0.39 is 0 Å². The molecule has 0 saturated heterocycles. The minimum Gasteiger partial charge on any atom is -0.360 e. The molecule has 0 spiro atoms. The summed E-state index contributed by atoms with van der Waals surface area (Å²) in [5, 5.41) is 4.19. The van der Waals surface area contributed by atoms with Gasteiger partial charge in [0.25, 0.3) is 0 Å². The predicted molar refractivity (Wildman–Crippen MR) is 87.9 cm³/mol. The number of amides is 1. The highest BCUT2D eigenvalue weighted by atomic mass is 32.1. The van der Waals surface area contributed by atoms with Gasteiger partial charge in [0.05, 0.1) is 11.9 Å². The van der Waals surface area contributed by atoms with E-state index in [0.717, 1.165) is 41.4 Å². The van der Waals surface area contributed by atoms with Crippen molar-refractivity contribution in [3.8, 4) is 0 Å². The number of carbonyl (C=O) groups is 1. The minimum atomic E-state index is 0.0929. The van der Waals surface area contributed by atoms with Crippen LogP contribution in [-0.2, 0) is 11.2 Å². The highest BCUT2D eigenvalue weighted by Gasteiger charge is 2.13. The van der Waals surface area contributed by atoms with Crippen LogP contribution in [0.15, 0.2) is 6.07 Å². The van der Waals surface area contributed by atoms with Gasteiger partial charge in [0.15, 0.2) is 0 Å². The molecule has 2 heterocycles. The highest BCUT2D eigenvalue weighted by Crippen LogP contribution is 2.29. The molecule has 2 aromatic rings. The van der Waals surface area contributed by atoms with Crippen LogP contribution in [0.4, 0.5) is 5.82 Å². The van der Waals surface area contributed by atoms with Gasteiger partial charge in [-0.05, 0) is 33.3 Å². The molecule has 21 heavy (non-hydrogen) atoms. The second-order valence-corrected chi connectivity index (χ2v) is 5.94. The lowest BCUT2D eigenvalue weighted by atomic mass is 10.3. The summed E-state index contributed by atoms with van der Waals surface area (Å²) in [6.07, 6.45) is 0.984. The Kier molecular flexibility index (Phi) is 5.12. The van der Waals surface area contributed by atoms with Gasteiger partial charge >= 0.3 is 0 Å². The van der Waals surface area contributed by atoms with Crippen LogP contribution < -0.4 is 5.32 Å². The van der Waals surface area contributed by atoms with E-state index in [-0.39, 0.29) is 12.5 Å². The summed E-state index contributed by atoms with van der Waals surface area (Å²) in [5.41, 5.74) is 0. The molecular weight excluding hydrogens is 284 g/mol. The van der Waals surface area contributed by atoms with Crippen LogP contribution in [-0.4, -0.2) is 40.4 Å². The molecule has 0 aliphatic rings. The van der Waals surface area contributed by atoms with Gasteiger partial charge in [0.2, 0.25) is 5.91 Å². The molecule has 0 fully saturated rings. The summed E-state index contributed by atoms with van der Waals surface area (Å²) in [6.45, 7) is 9.71. The topological polar surface area (TPSA) is 58.1 Å². The van der Waals surface area contributed by atoms with E-state index in [1.165, 1.54) is 4.88 Å². The molecule has 0 bridgehead atoms. The van der Waals surface area contributed by atoms with Crippen LogP contribution in [0.2, 0.25) is 0 Å². The highest BCUT2D eigenvalue weighted by molar-refractivity contribution is 7.18. The Bertz CT molecular complexity index is 634. The Morgan fingerprint density at radius 3 is 2.62 bits per heavy atom. The van der Waals surface area contributed by atoms with Gasteiger partial charge in [-0.3, -0.25) is 4.79 Å². The van der Waals surface area contributed by atoms with Crippen LogP contribution in [0.5, 0.6) is 0 Å². The van der Waals surface area contributed by atoms with Crippen molar-refractivity contribution in [3.05, 3.63) is 16.8 Å². The maximum atomic E-state index is 12.1. The largest absolute Gasteiger partial charge is 0.360 e. The molecule has 0 aliphatic heterocycles. The fourth-order valence-corrected chi connectivity index (χ4v) is 3.25. The lowest BCUT2D eigenvalue weighted by Gasteiger charge is -2.19. The van der Waals surface area contributed by atoms with E-state index in [4.69, 9.17) is 0 Å². The number of hydrogen-bond donors (Lipinski definition) is 1. The maximum absolute atomic E-state index is 12.1. The first-order chi connectivity index (χ1) is 10.1. The fraction of sp³-hybridized carbons (Fsp3) is 0.533. The number of thiophene rings is 1. The maximum Gasteiger partial charge on any atom is 0.241 e. The van der Waals surface area contributed by atoms with E-state index in [2.05, 4.69) is 28.3 Å². The normalized spacial score (nSPS) is 10.9. The molecule has 1 amide bonds. The average Bonchev–Trinajstić information content (AvgIpc) is 2.88. The standard InChI is InChI=1S/C15H22N4OS/c1-5-11-8-12-14(17-10(4)18-15(12)21-11)16-9-13(20)19(6-2)7-3/h8H,5-7,9H2,1-4H3,(H,16,17,18). The summed E-state index contributed by atoms with van der Waals surface area (Å²) in [5.74, 6) is 1.58. The Morgan fingerprint density at radius 1 is 1.29 bits per heavy atom. The summed E-state index contributed by atoms with van der Waals surface area (Å²) in [4.78, 5) is 25.1. The van der Waals surface area contributed by atoms with Crippen molar-refractivity contribution >= 4 is 33.3 Å². The third-order valence-electron chi connectivity index (χ3n) is 3.43. The van der Waals surface area contributed by atoms with Crippen LogP contribution in [0, 0.1) is 6.92 Å². The van der Waals surface area contributed by atoms with Crippen molar-refractivity contribution in [1.82, 2.24) is 14.9 Å². The average molecular weight is 306 g/mol. The Hall–Kier alpha value is -1.69. The zero-order chi connectivity index (χ0) is 15.4. The number of likely N-dealkylation sites (N-methyl/N-ethyl adjacent to an activating group) is 1. The van der Waals surface area contributed by atoms with Crippen molar-refractivity contribution in [2.45, 2.75) is 34.1 Å². The predicted octanol–water partition coefficient (Wildman–Crippen LogP) is 2.84. The molecule has 0 atom stereocenters. The molecule has 5 nitrogen and oxygen atoms in total. The molecule has 2 aromatic heterocycles. The molecule has 0 aromatic carbocycles. The number of carbonyl (C=O) groups excluding carboxylic acids is 1.